The van der Waals surface area contributed by atoms with Gasteiger partial charge in [0.25, 0.3) is 0 Å². The summed E-state index contributed by atoms with van der Waals surface area (Å²) in [4.78, 5) is 7.93. The van der Waals surface area contributed by atoms with Crippen LogP contribution in [0.1, 0.15) is 5.56 Å². The van der Waals surface area contributed by atoms with Gasteiger partial charge in [0.1, 0.15) is 12.4 Å². The van der Waals surface area contributed by atoms with E-state index in [1.807, 2.05) is 18.2 Å². The molecule has 15 heavy (non-hydrogen) atoms. The summed E-state index contributed by atoms with van der Waals surface area (Å²) in [6.45, 7) is 0.448. The highest BCUT2D eigenvalue weighted by Crippen LogP contribution is 2.10. The zero-order chi connectivity index (χ0) is 10.5. The topological polar surface area (TPSA) is 61.0 Å². The number of nitrogens with zero attached hydrogens (tertiary/aromatic N) is 2. The molecule has 0 aliphatic heterocycles. The van der Waals surface area contributed by atoms with Crippen molar-refractivity contribution >= 4 is 5.69 Å². The molecular weight excluding hydrogens is 190 g/mol. The Morgan fingerprint density at radius 1 is 1.20 bits per heavy atom. The predicted octanol–water partition coefficient (Wildman–Crippen LogP) is 1.64. The maximum absolute atomic E-state index is 5.60. The SMILES string of the molecule is Nc1cncc(COc2cccnc2)c1. The smallest absolute Gasteiger partial charge is 0.138 e. The van der Waals surface area contributed by atoms with Crippen LogP contribution in [0.2, 0.25) is 0 Å². The molecule has 0 aliphatic rings. The Hall–Kier alpha value is -2.10. The Balaban J connectivity index is 1.99. The van der Waals surface area contributed by atoms with Gasteiger partial charge >= 0.3 is 0 Å². The normalized spacial score (nSPS) is 9.87. The van der Waals surface area contributed by atoms with Crippen LogP contribution in [-0.4, -0.2) is 9.97 Å². The number of rotatable bonds is 3. The van der Waals surface area contributed by atoms with Crippen LogP contribution < -0.4 is 10.5 Å². The first kappa shape index (κ1) is 9.45. The Morgan fingerprint density at radius 3 is 2.87 bits per heavy atom. The molecular formula is C11H11N3O. The van der Waals surface area contributed by atoms with E-state index >= 15 is 0 Å². The van der Waals surface area contributed by atoms with Crippen LogP contribution in [0, 0.1) is 0 Å². The van der Waals surface area contributed by atoms with Gasteiger partial charge in [-0.2, -0.15) is 0 Å². The molecule has 4 heteroatoms. The van der Waals surface area contributed by atoms with Crippen molar-refractivity contribution in [1.82, 2.24) is 9.97 Å². The Morgan fingerprint density at radius 2 is 2.13 bits per heavy atom. The average Bonchev–Trinajstić information content (AvgIpc) is 2.28. The second-order valence-corrected chi connectivity index (χ2v) is 3.10. The number of hydrogen-bond donors (Lipinski definition) is 1. The average molecular weight is 201 g/mol. The number of nitrogens with two attached hydrogens (primary N) is 1. The largest absolute Gasteiger partial charge is 0.487 e. The third kappa shape index (κ3) is 2.67. The molecule has 0 spiro atoms. The molecule has 76 valence electrons. The standard InChI is InChI=1S/C11H11N3O/c12-10-4-9(5-14-6-10)8-15-11-2-1-3-13-7-11/h1-7H,8,12H2. The van der Waals surface area contributed by atoms with Gasteiger partial charge < -0.3 is 10.5 Å². The molecule has 0 atom stereocenters. The molecule has 4 nitrogen and oxygen atoms in total. The van der Waals surface area contributed by atoms with Gasteiger partial charge in [-0.1, -0.05) is 0 Å². The Kier molecular flexibility index (Phi) is 2.78. The minimum atomic E-state index is 0.448. The van der Waals surface area contributed by atoms with Crippen molar-refractivity contribution in [2.45, 2.75) is 6.61 Å². The van der Waals surface area contributed by atoms with Crippen LogP contribution in [-0.2, 0) is 6.61 Å². The van der Waals surface area contributed by atoms with E-state index in [9.17, 15) is 0 Å². The molecule has 2 aromatic rings. The van der Waals surface area contributed by atoms with E-state index < -0.39 is 0 Å². The molecule has 0 saturated carbocycles. The van der Waals surface area contributed by atoms with Crippen LogP contribution in [0.3, 0.4) is 0 Å². The van der Waals surface area contributed by atoms with Gasteiger partial charge in [0.2, 0.25) is 0 Å². The van der Waals surface area contributed by atoms with E-state index in [0.717, 1.165) is 11.3 Å². The van der Waals surface area contributed by atoms with E-state index in [2.05, 4.69) is 9.97 Å². The molecule has 2 rings (SSSR count). The van der Waals surface area contributed by atoms with Gasteiger partial charge in [0.05, 0.1) is 11.9 Å². The van der Waals surface area contributed by atoms with Gasteiger partial charge in [-0.05, 0) is 18.2 Å². The summed E-state index contributed by atoms with van der Waals surface area (Å²) >= 11 is 0. The fourth-order valence-corrected chi connectivity index (χ4v) is 1.19. The first-order valence-corrected chi connectivity index (χ1v) is 4.57. The quantitative estimate of drug-likeness (QED) is 0.820. The lowest BCUT2D eigenvalue weighted by Gasteiger charge is -2.05. The molecule has 0 aromatic carbocycles. The van der Waals surface area contributed by atoms with Crippen molar-refractivity contribution < 1.29 is 4.74 Å². The minimum Gasteiger partial charge on any atom is -0.487 e. The first-order chi connectivity index (χ1) is 7.34. The van der Waals surface area contributed by atoms with Crippen molar-refractivity contribution in [2.75, 3.05) is 5.73 Å². The minimum absolute atomic E-state index is 0.448. The molecule has 2 N–H and O–H groups in total. The summed E-state index contributed by atoms with van der Waals surface area (Å²) in [5, 5.41) is 0. The van der Waals surface area contributed by atoms with E-state index in [4.69, 9.17) is 10.5 Å². The van der Waals surface area contributed by atoms with Crippen molar-refractivity contribution in [3.63, 3.8) is 0 Å². The second kappa shape index (κ2) is 4.41. The summed E-state index contributed by atoms with van der Waals surface area (Å²) in [7, 11) is 0. The summed E-state index contributed by atoms with van der Waals surface area (Å²) in [6.07, 6.45) is 6.70. The fourth-order valence-electron chi connectivity index (χ4n) is 1.19. The number of anilines is 1. The van der Waals surface area contributed by atoms with E-state index in [1.165, 1.54) is 0 Å². The van der Waals surface area contributed by atoms with Crippen molar-refractivity contribution in [2.24, 2.45) is 0 Å². The van der Waals surface area contributed by atoms with Gasteiger partial charge in [-0.3, -0.25) is 9.97 Å². The molecule has 0 unspecified atom stereocenters. The molecule has 2 aromatic heterocycles. The van der Waals surface area contributed by atoms with Crippen LogP contribution in [0.15, 0.2) is 43.0 Å². The molecule has 0 bridgehead atoms. The van der Waals surface area contributed by atoms with Crippen LogP contribution in [0.5, 0.6) is 5.75 Å². The molecule has 0 radical (unpaired) electrons. The molecule has 0 amide bonds. The highest BCUT2D eigenvalue weighted by atomic mass is 16.5. The highest BCUT2D eigenvalue weighted by molar-refractivity contribution is 5.36. The molecule has 2 heterocycles. The van der Waals surface area contributed by atoms with E-state index in [-0.39, 0.29) is 0 Å². The van der Waals surface area contributed by atoms with Gasteiger partial charge in [0, 0.05) is 24.2 Å². The summed E-state index contributed by atoms with van der Waals surface area (Å²) < 4.78 is 5.49. The second-order valence-electron chi connectivity index (χ2n) is 3.10. The summed E-state index contributed by atoms with van der Waals surface area (Å²) in [6, 6.07) is 5.52. The lowest BCUT2D eigenvalue weighted by atomic mass is 10.3. The molecule has 0 fully saturated rings. The zero-order valence-corrected chi connectivity index (χ0v) is 8.13. The number of hydrogen-bond acceptors (Lipinski definition) is 4. The monoisotopic (exact) mass is 201 g/mol. The lowest BCUT2D eigenvalue weighted by molar-refractivity contribution is 0.304. The Bertz CT molecular complexity index is 431. The molecule has 0 saturated heterocycles. The zero-order valence-electron chi connectivity index (χ0n) is 8.13. The predicted molar refractivity (Wildman–Crippen MR) is 57.2 cm³/mol. The third-order valence-electron chi connectivity index (χ3n) is 1.86. The number of nitrogen functional groups attached to an aromatic ring is 1. The van der Waals surface area contributed by atoms with Gasteiger partial charge in [0.15, 0.2) is 0 Å². The number of pyridine rings is 2. The maximum Gasteiger partial charge on any atom is 0.138 e. The van der Waals surface area contributed by atoms with Gasteiger partial charge in [-0.25, -0.2) is 0 Å². The summed E-state index contributed by atoms with van der Waals surface area (Å²) in [5.74, 6) is 0.736. The van der Waals surface area contributed by atoms with Crippen molar-refractivity contribution in [3.05, 3.63) is 48.5 Å². The fraction of sp³-hybridized carbons (Fsp3) is 0.0909. The van der Waals surface area contributed by atoms with Crippen LogP contribution in [0.25, 0.3) is 0 Å². The summed E-state index contributed by atoms with van der Waals surface area (Å²) in [5.41, 5.74) is 7.18. The number of ether oxygens (including phenoxy) is 1. The lowest BCUT2D eigenvalue weighted by Crippen LogP contribution is -1.97. The van der Waals surface area contributed by atoms with Crippen molar-refractivity contribution in [3.8, 4) is 5.75 Å². The Labute approximate surface area is 87.7 Å². The van der Waals surface area contributed by atoms with E-state index in [1.54, 1.807) is 24.8 Å². The maximum atomic E-state index is 5.60. The first-order valence-electron chi connectivity index (χ1n) is 4.57. The van der Waals surface area contributed by atoms with Crippen LogP contribution >= 0.6 is 0 Å². The highest BCUT2D eigenvalue weighted by Gasteiger charge is 1.96. The van der Waals surface area contributed by atoms with Gasteiger partial charge in [-0.15, -0.1) is 0 Å². The number of aromatic nitrogens is 2. The molecule has 0 aliphatic carbocycles. The third-order valence-corrected chi connectivity index (χ3v) is 1.86. The van der Waals surface area contributed by atoms with Crippen molar-refractivity contribution in [1.29, 1.82) is 0 Å². The van der Waals surface area contributed by atoms with E-state index in [0.29, 0.717) is 12.3 Å². The van der Waals surface area contributed by atoms with Crippen LogP contribution in [0.4, 0.5) is 5.69 Å².